The molecule has 1 aromatic rings. The fraction of sp³-hybridized carbons (Fsp3) is 0.647. The third-order valence-corrected chi connectivity index (χ3v) is 6.35. The zero-order valence-electron chi connectivity index (χ0n) is 15.4. The van der Waals surface area contributed by atoms with Crippen molar-refractivity contribution in [1.82, 2.24) is 9.62 Å². The van der Waals surface area contributed by atoms with Crippen LogP contribution in [0.5, 0.6) is 5.75 Å². The Hall–Kier alpha value is -0.570. The molecular formula is C17H28Cl2N2O4S. The van der Waals surface area contributed by atoms with Crippen molar-refractivity contribution in [2.45, 2.75) is 30.8 Å². The van der Waals surface area contributed by atoms with Gasteiger partial charge in [0.05, 0.1) is 6.61 Å². The predicted octanol–water partition coefficient (Wildman–Crippen LogP) is 2.80. The molecule has 2 rings (SSSR count). The van der Waals surface area contributed by atoms with Crippen molar-refractivity contribution in [3.63, 3.8) is 0 Å². The Bertz CT molecular complexity index is 671. The highest BCUT2D eigenvalue weighted by atomic mass is 35.5. The topological polar surface area (TPSA) is 67.9 Å². The Kier molecular flexibility index (Phi) is 9.64. The Morgan fingerprint density at radius 1 is 1.42 bits per heavy atom. The lowest BCUT2D eigenvalue weighted by Crippen LogP contribution is -2.42. The number of piperidine rings is 1. The van der Waals surface area contributed by atoms with Gasteiger partial charge in [0.25, 0.3) is 0 Å². The van der Waals surface area contributed by atoms with E-state index in [0.29, 0.717) is 36.4 Å². The van der Waals surface area contributed by atoms with E-state index in [0.717, 1.165) is 19.4 Å². The van der Waals surface area contributed by atoms with Gasteiger partial charge in [0.1, 0.15) is 16.7 Å². The van der Waals surface area contributed by atoms with Crippen molar-refractivity contribution in [2.24, 2.45) is 5.92 Å². The number of hydrogen-bond donors (Lipinski definition) is 1. The number of halogens is 2. The van der Waals surface area contributed by atoms with Crippen LogP contribution in [-0.2, 0) is 14.8 Å². The lowest BCUT2D eigenvalue weighted by Gasteiger charge is -2.32. The highest BCUT2D eigenvalue weighted by Gasteiger charge is 2.32. The number of benzene rings is 1. The van der Waals surface area contributed by atoms with E-state index in [2.05, 4.69) is 5.32 Å². The van der Waals surface area contributed by atoms with Gasteiger partial charge in [-0.1, -0.05) is 11.6 Å². The molecule has 1 heterocycles. The summed E-state index contributed by atoms with van der Waals surface area (Å²) in [6, 6.07) is 4.71. The molecule has 1 saturated heterocycles. The monoisotopic (exact) mass is 426 g/mol. The van der Waals surface area contributed by atoms with Gasteiger partial charge in [-0.2, -0.15) is 4.31 Å². The molecule has 0 amide bonds. The van der Waals surface area contributed by atoms with Crippen LogP contribution in [0.1, 0.15) is 19.8 Å². The molecule has 1 aromatic carbocycles. The van der Waals surface area contributed by atoms with Gasteiger partial charge in [-0.05, 0) is 57.5 Å². The lowest BCUT2D eigenvalue weighted by molar-refractivity contribution is 0.0899. The van der Waals surface area contributed by atoms with Crippen molar-refractivity contribution in [3.05, 3.63) is 23.2 Å². The molecule has 1 N–H and O–H groups in total. The van der Waals surface area contributed by atoms with Crippen LogP contribution in [-0.4, -0.2) is 59.2 Å². The molecule has 1 aliphatic heterocycles. The third kappa shape index (κ3) is 5.97. The molecule has 0 radical (unpaired) electrons. The minimum absolute atomic E-state index is 0. The highest BCUT2D eigenvalue weighted by Crippen LogP contribution is 2.32. The number of sulfonamides is 1. The van der Waals surface area contributed by atoms with E-state index in [-0.39, 0.29) is 23.4 Å². The second kappa shape index (κ2) is 10.7. The summed E-state index contributed by atoms with van der Waals surface area (Å²) in [7, 11) is -0.211. The van der Waals surface area contributed by atoms with Crippen LogP contribution < -0.4 is 10.1 Å². The highest BCUT2D eigenvalue weighted by molar-refractivity contribution is 7.89. The van der Waals surface area contributed by atoms with Crippen molar-refractivity contribution in [3.8, 4) is 5.75 Å². The second-order valence-corrected chi connectivity index (χ2v) is 8.75. The van der Waals surface area contributed by atoms with E-state index >= 15 is 0 Å². The van der Waals surface area contributed by atoms with E-state index in [1.54, 1.807) is 19.2 Å². The van der Waals surface area contributed by atoms with Gasteiger partial charge in [0, 0.05) is 25.2 Å². The minimum atomic E-state index is -3.67. The van der Waals surface area contributed by atoms with E-state index in [1.807, 2.05) is 14.0 Å². The quantitative estimate of drug-likeness (QED) is 0.691. The summed E-state index contributed by atoms with van der Waals surface area (Å²) in [4.78, 5) is 0.119. The van der Waals surface area contributed by atoms with E-state index in [4.69, 9.17) is 21.1 Å². The summed E-state index contributed by atoms with van der Waals surface area (Å²) in [6.45, 7) is 4.02. The van der Waals surface area contributed by atoms with E-state index < -0.39 is 10.0 Å². The van der Waals surface area contributed by atoms with Gasteiger partial charge < -0.3 is 14.8 Å². The molecular weight excluding hydrogens is 399 g/mol. The average molecular weight is 427 g/mol. The first-order valence-corrected chi connectivity index (χ1v) is 10.3. The summed E-state index contributed by atoms with van der Waals surface area (Å²) in [5.41, 5.74) is 0. The maximum atomic E-state index is 13.2. The Morgan fingerprint density at radius 2 is 2.15 bits per heavy atom. The van der Waals surface area contributed by atoms with Crippen LogP contribution in [0, 0.1) is 5.92 Å². The Labute approximate surface area is 167 Å². The molecule has 0 bridgehead atoms. The van der Waals surface area contributed by atoms with Gasteiger partial charge in [-0.15, -0.1) is 12.4 Å². The molecule has 2 atom stereocenters. The summed E-state index contributed by atoms with van der Waals surface area (Å²) in [6.07, 6.45) is 1.61. The number of ether oxygens (including phenoxy) is 2. The third-order valence-electron chi connectivity index (χ3n) is 4.23. The Balaban J connectivity index is 0.00000338. The zero-order chi connectivity index (χ0) is 18.4. The number of methoxy groups -OCH3 is 1. The van der Waals surface area contributed by atoms with Gasteiger partial charge in [-0.25, -0.2) is 8.42 Å². The smallest absolute Gasteiger partial charge is 0.246 e. The fourth-order valence-corrected chi connectivity index (χ4v) is 5.04. The predicted molar refractivity (Wildman–Crippen MR) is 106 cm³/mol. The van der Waals surface area contributed by atoms with Gasteiger partial charge in [0.15, 0.2) is 0 Å². The molecule has 1 aliphatic rings. The summed E-state index contributed by atoms with van der Waals surface area (Å²) in [5, 5.41) is 3.50. The SMILES string of the molecule is CNCC1CCCN(S(=O)(=O)c2cc(Cl)ccc2OC(C)COC)C1.Cl. The van der Waals surface area contributed by atoms with Gasteiger partial charge >= 0.3 is 0 Å². The van der Waals surface area contributed by atoms with Crippen molar-refractivity contribution in [2.75, 3.05) is 40.4 Å². The summed E-state index contributed by atoms with van der Waals surface area (Å²) < 4.78 is 38.8. The average Bonchev–Trinajstić information content (AvgIpc) is 2.57. The number of hydrogen-bond acceptors (Lipinski definition) is 5. The molecule has 0 aliphatic carbocycles. The zero-order valence-corrected chi connectivity index (χ0v) is 17.8. The standard InChI is InChI=1S/C17H27ClN2O4S.ClH/c1-13(12-23-3)24-16-7-6-15(18)9-17(16)25(21,22)20-8-4-5-14(11-20)10-19-2;/h6-7,9,13-14,19H,4-5,8,10-12H2,1-3H3;1H. The van der Waals surface area contributed by atoms with E-state index in [1.165, 1.54) is 10.4 Å². The largest absolute Gasteiger partial charge is 0.487 e. The maximum Gasteiger partial charge on any atom is 0.246 e. The molecule has 0 spiro atoms. The van der Waals surface area contributed by atoms with Crippen LogP contribution in [0.4, 0.5) is 0 Å². The van der Waals surface area contributed by atoms with Crippen LogP contribution >= 0.6 is 24.0 Å². The summed E-state index contributed by atoms with van der Waals surface area (Å²) in [5.74, 6) is 0.620. The number of nitrogens with one attached hydrogen (secondary N) is 1. The number of rotatable bonds is 8. The fourth-order valence-electron chi connectivity index (χ4n) is 3.11. The van der Waals surface area contributed by atoms with Crippen molar-refractivity contribution < 1.29 is 17.9 Å². The molecule has 2 unspecified atom stereocenters. The van der Waals surface area contributed by atoms with Crippen LogP contribution in [0.15, 0.2) is 23.1 Å². The van der Waals surface area contributed by atoms with Crippen molar-refractivity contribution in [1.29, 1.82) is 0 Å². The van der Waals surface area contributed by atoms with E-state index in [9.17, 15) is 8.42 Å². The molecule has 1 fully saturated rings. The van der Waals surface area contributed by atoms with Crippen LogP contribution in [0.25, 0.3) is 0 Å². The maximum absolute atomic E-state index is 13.2. The molecule has 6 nitrogen and oxygen atoms in total. The van der Waals surface area contributed by atoms with Crippen LogP contribution in [0.3, 0.4) is 0 Å². The Morgan fingerprint density at radius 3 is 2.81 bits per heavy atom. The molecule has 150 valence electrons. The molecule has 0 saturated carbocycles. The minimum Gasteiger partial charge on any atom is -0.487 e. The van der Waals surface area contributed by atoms with Gasteiger partial charge in [-0.3, -0.25) is 0 Å². The molecule has 26 heavy (non-hydrogen) atoms. The lowest BCUT2D eigenvalue weighted by atomic mass is 10.00. The number of nitrogens with zero attached hydrogens (tertiary/aromatic N) is 1. The molecule has 0 aromatic heterocycles. The van der Waals surface area contributed by atoms with Crippen LogP contribution in [0.2, 0.25) is 5.02 Å². The normalized spacial score (nSPS) is 19.6. The first kappa shape index (κ1) is 23.5. The first-order valence-electron chi connectivity index (χ1n) is 8.48. The van der Waals surface area contributed by atoms with Gasteiger partial charge in [0.2, 0.25) is 10.0 Å². The van der Waals surface area contributed by atoms with Crippen molar-refractivity contribution >= 4 is 34.0 Å². The first-order chi connectivity index (χ1) is 11.9. The molecule has 9 heteroatoms. The summed E-state index contributed by atoms with van der Waals surface area (Å²) >= 11 is 6.06. The second-order valence-electron chi connectivity index (χ2n) is 6.40.